The van der Waals surface area contributed by atoms with Crippen LogP contribution in [0.4, 0.5) is 11.9 Å². The number of nitrogens with one attached hydrogen (secondary N) is 2. The molecule has 0 aliphatic rings. The van der Waals surface area contributed by atoms with Crippen LogP contribution in [0.25, 0.3) is 22.3 Å². The molecule has 0 saturated carbocycles. The van der Waals surface area contributed by atoms with Gasteiger partial charge in [-0.2, -0.15) is 19.6 Å². The average Bonchev–Trinajstić information content (AvgIpc) is 2.96. The number of nitrogens with two attached hydrogens (primary N) is 2. The van der Waals surface area contributed by atoms with Crippen molar-refractivity contribution in [2.24, 2.45) is 0 Å². The molecule has 0 bridgehead atoms. The average molecular weight is 330 g/mol. The van der Waals surface area contributed by atoms with Gasteiger partial charge in [0.2, 0.25) is 11.9 Å². The first-order valence-corrected chi connectivity index (χ1v) is 6.59. The van der Waals surface area contributed by atoms with Gasteiger partial charge in [-0.15, -0.1) is 0 Å². The molecule has 122 valence electrons. The molecule has 24 heavy (non-hydrogen) atoms. The second kappa shape index (κ2) is 4.31. The third kappa shape index (κ3) is 1.68. The Morgan fingerprint density at radius 1 is 0.875 bits per heavy atom. The van der Waals surface area contributed by atoms with Gasteiger partial charge in [0.15, 0.2) is 22.3 Å². The maximum absolute atomic E-state index is 12.0. The highest BCUT2D eigenvalue weighted by molar-refractivity contribution is 5.75. The van der Waals surface area contributed by atoms with E-state index in [2.05, 4.69) is 29.9 Å². The van der Waals surface area contributed by atoms with E-state index in [1.807, 2.05) is 0 Å². The van der Waals surface area contributed by atoms with Crippen molar-refractivity contribution < 1.29 is 5.11 Å². The van der Waals surface area contributed by atoms with Crippen molar-refractivity contribution >= 4 is 34.2 Å². The molecule has 0 amide bonds. The SMILES string of the molecule is Cc1nc2c(=O)[nH]c(N)nc2n1-n1c(O)nc2c(=O)[nH]c(N)nc21. The van der Waals surface area contributed by atoms with Crippen LogP contribution in [0.1, 0.15) is 5.82 Å². The summed E-state index contributed by atoms with van der Waals surface area (Å²) < 4.78 is 2.33. The van der Waals surface area contributed by atoms with Crippen LogP contribution >= 0.6 is 0 Å². The van der Waals surface area contributed by atoms with Crippen LogP contribution in [0.3, 0.4) is 0 Å². The molecule has 0 aliphatic carbocycles. The number of rotatable bonds is 1. The first kappa shape index (κ1) is 13.7. The van der Waals surface area contributed by atoms with Gasteiger partial charge in [0.25, 0.3) is 11.1 Å². The standard InChI is InChI=1S/C11H10N10O3/c1-2-14-3-5(16-9(12)18-7(3)22)20(2)21-6-4(15-11(21)24)8(23)19-10(13)17-6/h1H3,(H,15,24)(H3,12,16,18,22)(H3,13,17,19,23). The van der Waals surface area contributed by atoms with Gasteiger partial charge in [-0.3, -0.25) is 19.6 Å². The van der Waals surface area contributed by atoms with E-state index in [4.69, 9.17) is 11.5 Å². The molecule has 0 radical (unpaired) electrons. The van der Waals surface area contributed by atoms with Crippen LogP contribution in [0.5, 0.6) is 6.01 Å². The lowest BCUT2D eigenvalue weighted by molar-refractivity contribution is 0.392. The number of hydrogen-bond donors (Lipinski definition) is 5. The fourth-order valence-corrected chi connectivity index (χ4v) is 2.47. The molecule has 13 heteroatoms. The number of fused-ring (bicyclic) bond motifs is 2. The molecule has 4 aromatic rings. The lowest BCUT2D eigenvalue weighted by atomic mass is 10.5. The summed E-state index contributed by atoms with van der Waals surface area (Å²) in [6, 6.07) is -0.559. The summed E-state index contributed by atoms with van der Waals surface area (Å²) in [5.74, 6) is -0.0206. The van der Waals surface area contributed by atoms with Crippen LogP contribution in [0.2, 0.25) is 0 Å². The molecule has 0 spiro atoms. The van der Waals surface area contributed by atoms with Crippen LogP contribution in [0.15, 0.2) is 9.59 Å². The summed E-state index contributed by atoms with van der Waals surface area (Å²) in [7, 11) is 0. The number of nitrogen functional groups attached to an aromatic ring is 2. The van der Waals surface area contributed by atoms with Crippen molar-refractivity contribution in [1.29, 1.82) is 0 Å². The number of anilines is 2. The number of nitrogens with zero attached hydrogens (tertiary/aromatic N) is 6. The van der Waals surface area contributed by atoms with Crippen molar-refractivity contribution in [3.05, 3.63) is 26.5 Å². The molecule has 4 rings (SSSR count). The molecular weight excluding hydrogens is 320 g/mol. The second-order valence-corrected chi connectivity index (χ2v) is 4.94. The van der Waals surface area contributed by atoms with E-state index in [1.165, 1.54) is 4.68 Å². The number of imidazole rings is 2. The monoisotopic (exact) mass is 330 g/mol. The van der Waals surface area contributed by atoms with Gasteiger partial charge in [0, 0.05) is 0 Å². The maximum atomic E-state index is 12.0. The van der Waals surface area contributed by atoms with E-state index >= 15 is 0 Å². The highest BCUT2D eigenvalue weighted by atomic mass is 16.3. The van der Waals surface area contributed by atoms with Gasteiger partial charge in [0.05, 0.1) is 0 Å². The molecular formula is C11H10N10O3. The van der Waals surface area contributed by atoms with Crippen molar-refractivity contribution in [2.45, 2.75) is 6.92 Å². The number of H-pyrrole nitrogens is 2. The normalized spacial score (nSPS) is 11.5. The van der Waals surface area contributed by atoms with Gasteiger partial charge in [-0.05, 0) is 6.92 Å². The van der Waals surface area contributed by atoms with Crippen LogP contribution in [-0.4, -0.2) is 44.4 Å². The third-order valence-corrected chi connectivity index (χ3v) is 3.37. The zero-order chi connectivity index (χ0) is 17.2. The highest BCUT2D eigenvalue weighted by Crippen LogP contribution is 2.21. The molecule has 4 aromatic heterocycles. The van der Waals surface area contributed by atoms with Gasteiger partial charge in [0.1, 0.15) is 5.82 Å². The van der Waals surface area contributed by atoms with Crippen molar-refractivity contribution in [3.63, 3.8) is 0 Å². The maximum Gasteiger partial charge on any atom is 0.316 e. The van der Waals surface area contributed by atoms with Crippen LogP contribution in [-0.2, 0) is 0 Å². The minimum atomic E-state index is -0.626. The predicted octanol–water partition coefficient (Wildman–Crippen LogP) is -1.96. The Labute approximate surface area is 130 Å². The molecule has 0 aliphatic heterocycles. The summed E-state index contributed by atoms with van der Waals surface area (Å²) in [4.78, 5) is 44.3. The minimum Gasteiger partial charge on any atom is -0.479 e. The van der Waals surface area contributed by atoms with E-state index in [0.717, 1.165) is 4.68 Å². The zero-order valence-electron chi connectivity index (χ0n) is 12.1. The number of aromatic amines is 2. The first-order valence-electron chi connectivity index (χ1n) is 6.59. The van der Waals surface area contributed by atoms with Crippen molar-refractivity contribution in [2.75, 3.05) is 11.5 Å². The van der Waals surface area contributed by atoms with Gasteiger partial charge in [-0.1, -0.05) is 0 Å². The smallest absolute Gasteiger partial charge is 0.316 e. The van der Waals surface area contributed by atoms with E-state index in [-0.39, 0.29) is 40.0 Å². The topological polar surface area (TPSA) is 199 Å². The fourth-order valence-electron chi connectivity index (χ4n) is 2.47. The Morgan fingerprint density at radius 2 is 1.38 bits per heavy atom. The molecule has 0 atom stereocenters. The van der Waals surface area contributed by atoms with E-state index in [9.17, 15) is 14.7 Å². The van der Waals surface area contributed by atoms with Gasteiger partial charge >= 0.3 is 6.01 Å². The molecule has 0 unspecified atom stereocenters. The summed E-state index contributed by atoms with van der Waals surface area (Å²) in [6.45, 7) is 1.57. The van der Waals surface area contributed by atoms with Gasteiger partial charge in [-0.25, -0.2) is 9.66 Å². The predicted molar refractivity (Wildman–Crippen MR) is 82.3 cm³/mol. The number of aryl methyl sites for hydroxylation is 1. The first-order chi connectivity index (χ1) is 11.4. The second-order valence-electron chi connectivity index (χ2n) is 4.94. The van der Waals surface area contributed by atoms with E-state index in [0.29, 0.717) is 0 Å². The Bertz CT molecular complexity index is 1150. The third-order valence-electron chi connectivity index (χ3n) is 3.37. The Kier molecular flexibility index (Phi) is 2.47. The summed E-state index contributed by atoms with van der Waals surface area (Å²) in [5, 5.41) is 10.2. The quantitative estimate of drug-likeness (QED) is 0.263. The summed E-state index contributed by atoms with van der Waals surface area (Å²) in [6.07, 6.45) is 0. The number of aromatic nitrogens is 8. The molecule has 0 fully saturated rings. The van der Waals surface area contributed by atoms with Crippen molar-refractivity contribution in [1.82, 2.24) is 39.3 Å². The Hall–Kier alpha value is -3.90. The molecule has 7 N–H and O–H groups in total. The van der Waals surface area contributed by atoms with E-state index in [1.54, 1.807) is 6.92 Å². The largest absolute Gasteiger partial charge is 0.479 e. The zero-order valence-corrected chi connectivity index (χ0v) is 12.1. The van der Waals surface area contributed by atoms with Crippen molar-refractivity contribution in [3.8, 4) is 6.01 Å². The molecule has 4 heterocycles. The van der Waals surface area contributed by atoms with Crippen LogP contribution < -0.4 is 22.6 Å². The number of hydrogen-bond acceptors (Lipinski definition) is 9. The summed E-state index contributed by atoms with van der Waals surface area (Å²) >= 11 is 0. The lowest BCUT2D eigenvalue weighted by Crippen LogP contribution is -2.17. The molecule has 0 aromatic carbocycles. The Balaban J connectivity index is 2.22. The van der Waals surface area contributed by atoms with Gasteiger partial charge < -0.3 is 16.6 Å². The molecule has 13 nitrogen and oxygen atoms in total. The molecule has 0 saturated heterocycles. The lowest BCUT2D eigenvalue weighted by Gasteiger charge is -2.08. The highest BCUT2D eigenvalue weighted by Gasteiger charge is 2.22. The number of aromatic hydroxyl groups is 1. The van der Waals surface area contributed by atoms with Crippen LogP contribution in [0, 0.1) is 6.92 Å². The Morgan fingerprint density at radius 3 is 1.96 bits per heavy atom. The summed E-state index contributed by atoms with van der Waals surface area (Å²) in [5.41, 5.74) is 9.84. The fraction of sp³-hybridized carbons (Fsp3) is 0.0909. The van der Waals surface area contributed by atoms with E-state index < -0.39 is 17.1 Å². The minimum absolute atomic E-state index is 0.000706.